The highest BCUT2D eigenvalue weighted by molar-refractivity contribution is 5.59. The molecule has 1 N–H and O–H groups in total. The molecule has 2 saturated carbocycles. The van der Waals surface area contributed by atoms with Gasteiger partial charge in [-0.1, -0.05) is 0 Å². The van der Waals surface area contributed by atoms with Crippen LogP contribution in [0.3, 0.4) is 0 Å². The second-order valence-corrected chi connectivity index (χ2v) is 5.25. The average Bonchev–Trinajstić information content (AvgIpc) is 3.19. The van der Waals surface area contributed by atoms with E-state index in [1.807, 2.05) is 7.05 Å². The Morgan fingerprint density at radius 3 is 2.41 bits per heavy atom. The van der Waals surface area contributed by atoms with Crippen LogP contribution >= 0.6 is 0 Å². The van der Waals surface area contributed by atoms with Gasteiger partial charge in [0.05, 0.1) is 0 Å². The lowest BCUT2D eigenvalue weighted by atomic mass is 10.2. The summed E-state index contributed by atoms with van der Waals surface area (Å²) in [5.41, 5.74) is 1.17. The minimum Gasteiger partial charge on any atom is -0.373 e. The van der Waals surface area contributed by atoms with Crippen molar-refractivity contribution in [2.75, 3.05) is 24.3 Å². The highest BCUT2D eigenvalue weighted by Crippen LogP contribution is 2.41. The van der Waals surface area contributed by atoms with Gasteiger partial charge >= 0.3 is 0 Å². The van der Waals surface area contributed by atoms with E-state index in [-0.39, 0.29) is 0 Å². The van der Waals surface area contributed by atoms with E-state index < -0.39 is 0 Å². The van der Waals surface area contributed by atoms with Gasteiger partial charge in [-0.3, -0.25) is 0 Å². The van der Waals surface area contributed by atoms with Gasteiger partial charge in [-0.2, -0.15) is 0 Å². The topological polar surface area (TPSA) is 41.1 Å². The molecule has 0 unspecified atom stereocenters. The standard InChI is InChI=1S/C13H20N4/c1-8-11(14-2)15-12(9-4-5-9)16-13(8)17(3)10-6-7-10/h9-10H,4-7H2,1-3H3,(H,14,15,16). The maximum Gasteiger partial charge on any atom is 0.137 e. The molecule has 2 aliphatic rings. The average molecular weight is 232 g/mol. The first-order valence-electron chi connectivity index (χ1n) is 6.50. The maximum atomic E-state index is 4.78. The Balaban J connectivity index is 2.01. The summed E-state index contributed by atoms with van der Waals surface area (Å²) in [4.78, 5) is 11.7. The molecule has 92 valence electrons. The van der Waals surface area contributed by atoms with Crippen LogP contribution in [0.15, 0.2) is 0 Å². The summed E-state index contributed by atoms with van der Waals surface area (Å²) in [7, 11) is 4.09. The van der Waals surface area contributed by atoms with E-state index in [9.17, 15) is 0 Å². The summed E-state index contributed by atoms with van der Waals surface area (Å²) >= 11 is 0. The molecule has 1 heterocycles. The first-order chi connectivity index (χ1) is 8.20. The highest BCUT2D eigenvalue weighted by atomic mass is 15.2. The molecule has 1 aromatic heterocycles. The van der Waals surface area contributed by atoms with Gasteiger partial charge in [0, 0.05) is 31.6 Å². The van der Waals surface area contributed by atoms with Crippen molar-refractivity contribution in [3.8, 4) is 0 Å². The third-order valence-corrected chi connectivity index (χ3v) is 3.75. The molecule has 0 aliphatic heterocycles. The second-order valence-electron chi connectivity index (χ2n) is 5.25. The molecular formula is C13H20N4. The lowest BCUT2D eigenvalue weighted by Gasteiger charge is -2.21. The molecule has 0 amide bonds. The molecular weight excluding hydrogens is 212 g/mol. The van der Waals surface area contributed by atoms with Crippen molar-refractivity contribution >= 4 is 11.6 Å². The molecule has 0 spiro atoms. The number of nitrogens with zero attached hydrogens (tertiary/aromatic N) is 3. The molecule has 2 aliphatic carbocycles. The van der Waals surface area contributed by atoms with Crippen molar-refractivity contribution in [3.05, 3.63) is 11.4 Å². The molecule has 3 rings (SSSR count). The zero-order valence-corrected chi connectivity index (χ0v) is 10.8. The molecule has 0 bridgehead atoms. The van der Waals surface area contributed by atoms with Crippen LogP contribution in [-0.2, 0) is 0 Å². The summed E-state index contributed by atoms with van der Waals surface area (Å²) in [6, 6.07) is 0.695. The molecule has 0 saturated heterocycles. The monoisotopic (exact) mass is 232 g/mol. The minimum atomic E-state index is 0.606. The van der Waals surface area contributed by atoms with E-state index in [4.69, 9.17) is 4.98 Å². The third-order valence-electron chi connectivity index (χ3n) is 3.75. The SMILES string of the molecule is CNc1nc(C2CC2)nc(N(C)C2CC2)c1C. The molecule has 17 heavy (non-hydrogen) atoms. The summed E-state index contributed by atoms with van der Waals surface area (Å²) in [6.07, 6.45) is 5.10. The fraction of sp³-hybridized carbons (Fsp3) is 0.692. The van der Waals surface area contributed by atoms with Crippen LogP contribution < -0.4 is 10.2 Å². The van der Waals surface area contributed by atoms with E-state index in [1.165, 1.54) is 31.2 Å². The Hall–Kier alpha value is -1.32. The number of hydrogen-bond donors (Lipinski definition) is 1. The number of rotatable bonds is 4. The molecule has 0 radical (unpaired) electrons. The van der Waals surface area contributed by atoms with Crippen LogP contribution in [-0.4, -0.2) is 30.1 Å². The quantitative estimate of drug-likeness (QED) is 0.865. The number of anilines is 2. The smallest absolute Gasteiger partial charge is 0.137 e. The molecule has 4 heteroatoms. The van der Waals surface area contributed by atoms with Crippen molar-refractivity contribution in [2.24, 2.45) is 0 Å². The van der Waals surface area contributed by atoms with Gasteiger partial charge in [0.2, 0.25) is 0 Å². The van der Waals surface area contributed by atoms with Crippen molar-refractivity contribution in [1.29, 1.82) is 0 Å². The zero-order chi connectivity index (χ0) is 12.0. The van der Waals surface area contributed by atoms with Crippen molar-refractivity contribution < 1.29 is 0 Å². The lowest BCUT2D eigenvalue weighted by molar-refractivity contribution is 0.843. The third kappa shape index (κ3) is 1.96. The first kappa shape index (κ1) is 10.8. The number of aromatic nitrogens is 2. The fourth-order valence-corrected chi connectivity index (χ4v) is 2.27. The molecule has 2 fully saturated rings. The van der Waals surface area contributed by atoms with Crippen LogP contribution in [0.4, 0.5) is 11.6 Å². The van der Waals surface area contributed by atoms with E-state index in [0.29, 0.717) is 12.0 Å². The van der Waals surface area contributed by atoms with Crippen molar-refractivity contribution in [3.63, 3.8) is 0 Å². The first-order valence-corrected chi connectivity index (χ1v) is 6.50. The summed E-state index contributed by atoms with van der Waals surface area (Å²) in [6.45, 7) is 2.11. The predicted octanol–water partition coefficient (Wildman–Crippen LogP) is 2.30. The number of nitrogens with one attached hydrogen (secondary N) is 1. The van der Waals surface area contributed by atoms with Crippen LogP contribution in [0.25, 0.3) is 0 Å². The zero-order valence-electron chi connectivity index (χ0n) is 10.8. The van der Waals surface area contributed by atoms with Gasteiger partial charge in [-0.05, 0) is 32.6 Å². The van der Waals surface area contributed by atoms with Crippen molar-refractivity contribution in [1.82, 2.24) is 9.97 Å². The lowest BCUT2D eigenvalue weighted by Crippen LogP contribution is -2.23. The number of hydrogen-bond acceptors (Lipinski definition) is 4. The Bertz CT molecular complexity index is 435. The Morgan fingerprint density at radius 2 is 1.88 bits per heavy atom. The van der Waals surface area contributed by atoms with Gasteiger partial charge in [-0.15, -0.1) is 0 Å². The van der Waals surface area contributed by atoms with Gasteiger partial charge in [-0.25, -0.2) is 9.97 Å². The van der Waals surface area contributed by atoms with Crippen LogP contribution in [0.2, 0.25) is 0 Å². The second kappa shape index (κ2) is 3.86. The Kier molecular flexibility index (Phi) is 2.45. The predicted molar refractivity (Wildman–Crippen MR) is 69.7 cm³/mol. The Morgan fingerprint density at radius 1 is 1.18 bits per heavy atom. The van der Waals surface area contributed by atoms with Gasteiger partial charge < -0.3 is 10.2 Å². The van der Waals surface area contributed by atoms with Gasteiger partial charge in [0.15, 0.2) is 0 Å². The maximum absolute atomic E-state index is 4.78. The minimum absolute atomic E-state index is 0.606. The largest absolute Gasteiger partial charge is 0.373 e. The molecule has 0 aromatic carbocycles. The van der Waals surface area contributed by atoms with Gasteiger partial charge in [0.1, 0.15) is 17.5 Å². The fourth-order valence-electron chi connectivity index (χ4n) is 2.27. The normalized spacial score (nSPS) is 19.2. The molecule has 4 nitrogen and oxygen atoms in total. The Labute approximate surface area is 102 Å². The molecule has 0 atom stereocenters. The highest BCUT2D eigenvalue weighted by Gasteiger charge is 2.32. The van der Waals surface area contributed by atoms with E-state index >= 15 is 0 Å². The van der Waals surface area contributed by atoms with E-state index in [2.05, 4.69) is 29.2 Å². The summed E-state index contributed by atoms with van der Waals surface area (Å²) < 4.78 is 0. The van der Waals surface area contributed by atoms with Crippen molar-refractivity contribution in [2.45, 2.75) is 44.6 Å². The van der Waals surface area contributed by atoms with E-state index in [0.717, 1.165) is 17.5 Å². The van der Waals surface area contributed by atoms with Crippen LogP contribution in [0, 0.1) is 6.92 Å². The summed E-state index contributed by atoms with van der Waals surface area (Å²) in [5.74, 6) is 3.75. The van der Waals surface area contributed by atoms with Crippen LogP contribution in [0.5, 0.6) is 0 Å². The molecule has 1 aromatic rings. The van der Waals surface area contributed by atoms with Crippen LogP contribution in [0.1, 0.15) is 43.0 Å². The van der Waals surface area contributed by atoms with E-state index in [1.54, 1.807) is 0 Å². The van der Waals surface area contributed by atoms with Gasteiger partial charge in [0.25, 0.3) is 0 Å². The summed E-state index contributed by atoms with van der Waals surface area (Å²) in [5, 5.41) is 3.20.